The van der Waals surface area contributed by atoms with E-state index in [1.165, 1.54) is 6.42 Å². The van der Waals surface area contributed by atoms with Crippen LogP contribution in [0.2, 0.25) is 0 Å². The van der Waals surface area contributed by atoms with Gasteiger partial charge in [-0.1, -0.05) is 6.42 Å². The maximum absolute atomic E-state index is 12.2. The Morgan fingerprint density at radius 3 is 2.67 bits per heavy atom. The molecule has 2 fully saturated rings. The quantitative estimate of drug-likeness (QED) is 0.848. The molecule has 0 aromatic rings. The molecular formula is C13H25ClN2O2. The standard InChI is InChI=1S/C13H24N2O2.ClH/c1-15(8-10-4-3-7-17-9-10)13(16)11-5-2-6-12(11)14;/h10-12H,2-9,14H2,1H3;1H. The van der Waals surface area contributed by atoms with Crippen molar-refractivity contribution in [1.82, 2.24) is 4.90 Å². The largest absolute Gasteiger partial charge is 0.381 e. The third kappa shape index (κ3) is 3.84. The highest BCUT2D eigenvalue weighted by Gasteiger charge is 2.32. The molecule has 0 radical (unpaired) electrons. The van der Waals surface area contributed by atoms with Crippen molar-refractivity contribution < 1.29 is 9.53 Å². The number of nitrogens with two attached hydrogens (primary N) is 1. The SMILES string of the molecule is CN(CC1CCCOC1)C(=O)C1CCCC1N.Cl. The zero-order valence-corrected chi connectivity index (χ0v) is 12.0. The van der Waals surface area contributed by atoms with Gasteiger partial charge in [0.05, 0.1) is 12.5 Å². The Bertz CT molecular complexity index is 270. The van der Waals surface area contributed by atoms with Gasteiger partial charge in [0.25, 0.3) is 0 Å². The third-order valence-corrected chi connectivity index (χ3v) is 4.05. The second-order valence-corrected chi connectivity index (χ2v) is 5.50. The molecule has 0 aromatic heterocycles. The Kier molecular flexibility index (Phi) is 6.39. The van der Waals surface area contributed by atoms with Crippen molar-refractivity contribution in [2.75, 3.05) is 26.8 Å². The summed E-state index contributed by atoms with van der Waals surface area (Å²) >= 11 is 0. The zero-order chi connectivity index (χ0) is 12.3. The van der Waals surface area contributed by atoms with Gasteiger partial charge >= 0.3 is 0 Å². The highest BCUT2D eigenvalue weighted by Crippen LogP contribution is 2.26. The van der Waals surface area contributed by atoms with Gasteiger partial charge in [-0.25, -0.2) is 0 Å². The fraction of sp³-hybridized carbons (Fsp3) is 0.923. The molecule has 0 bridgehead atoms. The molecule has 2 rings (SSSR count). The first-order valence-electron chi connectivity index (χ1n) is 6.77. The van der Waals surface area contributed by atoms with Gasteiger partial charge in [0, 0.05) is 26.2 Å². The van der Waals surface area contributed by atoms with Crippen LogP contribution in [0.4, 0.5) is 0 Å². The van der Waals surface area contributed by atoms with Gasteiger partial charge in [-0.2, -0.15) is 0 Å². The van der Waals surface area contributed by atoms with E-state index in [9.17, 15) is 4.79 Å². The normalized spacial score (nSPS) is 31.8. The second-order valence-electron chi connectivity index (χ2n) is 5.50. The smallest absolute Gasteiger partial charge is 0.226 e. The first kappa shape index (κ1) is 15.7. The Balaban J connectivity index is 0.00000162. The van der Waals surface area contributed by atoms with E-state index in [1.807, 2.05) is 11.9 Å². The first-order valence-corrected chi connectivity index (χ1v) is 6.77. The van der Waals surface area contributed by atoms with E-state index in [1.54, 1.807) is 0 Å². The van der Waals surface area contributed by atoms with E-state index in [4.69, 9.17) is 10.5 Å². The number of ether oxygens (including phenoxy) is 1. The predicted octanol–water partition coefficient (Wildman–Crippen LogP) is 1.42. The summed E-state index contributed by atoms with van der Waals surface area (Å²) in [7, 11) is 1.90. The lowest BCUT2D eigenvalue weighted by Gasteiger charge is -2.29. The molecule has 1 aliphatic carbocycles. The minimum Gasteiger partial charge on any atom is -0.381 e. The van der Waals surface area contributed by atoms with Crippen LogP contribution in [0.25, 0.3) is 0 Å². The Morgan fingerprint density at radius 1 is 1.33 bits per heavy atom. The minimum atomic E-state index is 0. The number of carbonyl (C=O) groups is 1. The second kappa shape index (κ2) is 7.31. The minimum absolute atomic E-state index is 0. The van der Waals surface area contributed by atoms with Crippen molar-refractivity contribution in [3.05, 3.63) is 0 Å². The summed E-state index contributed by atoms with van der Waals surface area (Å²) in [6.07, 6.45) is 5.35. The summed E-state index contributed by atoms with van der Waals surface area (Å²) in [5.74, 6) is 0.806. The average molecular weight is 277 g/mol. The van der Waals surface area contributed by atoms with Crippen LogP contribution in [0.1, 0.15) is 32.1 Å². The molecule has 3 unspecified atom stereocenters. The molecule has 1 amide bonds. The molecule has 1 saturated heterocycles. The van der Waals surface area contributed by atoms with Gasteiger partial charge in [0.2, 0.25) is 5.91 Å². The number of nitrogens with zero attached hydrogens (tertiary/aromatic N) is 1. The van der Waals surface area contributed by atoms with E-state index in [0.717, 1.165) is 45.4 Å². The van der Waals surface area contributed by atoms with Crippen molar-refractivity contribution in [2.45, 2.75) is 38.1 Å². The average Bonchev–Trinajstić information content (AvgIpc) is 2.76. The molecule has 1 saturated carbocycles. The molecule has 0 spiro atoms. The molecule has 1 heterocycles. The van der Waals surface area contributed by atoms with Crippen LogP contribution in [0.5, 0.6) is 0 Å². The molecule has 3 atom stereocenters. The lowest BCUT2D eigenvalue weighted by Crippen LogP contribution is -2.42. The van der Waals surface area contributed by atoms with Crippen LogP contribution in [0.3, 0.4) is 0 Å². The molecule has 18 heavy (non-hydrogen) atoms. The van der Waals surface area contributed by atoms with Crippen LogP contribution in [-0.4, -0.2) is 43.7 Å². The highest BCUT2D eigenvalue weighted by molar-refractivity contribution is 5.85. The van der Waals surface area contributed by atoms with Gasteiger partial charge in [-0.3, -0.25) is 4.79 Å². The van der Waals surface area contributed by atoms with Crippen LogP contribution in [0.15, 0.2) is 0 Å². The maximum atomic E-state index is 12.2. The number of rotatable bonds is 3. The van der Waals surface area contributed by atoms with Crippen molar-refractivity contribution >= 4 is 18.3 Å². The topological polar surface area (TPSA) is 55.6 Å². The number of hydrogen-bond donors (Lipinski definition) is 1. The van der Waals surface area contributed by atoms with Gasteiger partial charge in [-0.05, 0) is 31.6 Å². The Morgan fingerprint density at radius 2 is 2.11 bits per heavy atom. The molecule has 1 aliphatic heterocycles. The van der Waals surface area contributed by atoms with Gasteiger partial charge < -0.3 is 15.4 Å². The van der Waals surface area contributed by atoms with Crippen molar-refractivity contribution in [1.29, 1.82) is 0 Å². The summed E-state index contributed by atoms with van der Waals surface area (Å²) < 4.78 is 5.45. The van der Waals surface area contributed by atoms with E-state index < -0.39 is 0 Å². The molecule has 0 aromatic carbocycles. The van der Waals surface area contributed by atoms with Crippen molar-refractivity contribution in [3.63, 3.8) is 0 Å². The van der Waals surface area contributed by atoms with Crippen LogP contribution < -0.4 is 5.73 Å². The fourth-order valence-electron chi connectivity index (χ4n) is 3.01. The highest BCUT2D eigenvalue weighted by atomic mass is 35.5. The summed E-state index contributed by atoms with van der Waals surface area (Å²) in [6.45, 7) is 2.50. The molecule has 2 aliphatic rings. The maximum Gasteiger partial charge on any atom is 0.226 e. The van der Waals surface area contributed by atoms with Crippen molar-refractivity contribution in [3.8, 4) is 0 Å². The number of carbonyl (C=O) groups excluding carboxylic acids is 1. The number of hydrogen-bond acceptors (Lipinski definition) is 3. The van der Waals surface area contributed by atoms with E-state index in [2.05, 4.69) is 0 Å². The fourth-order valence-corrected chi connectivity index (χ4v) is 3.01. The summed E-state index contributed by atoms with van der Waals surface area (Å²) in [4.78, 5) is 14.1. The van der Waals surface area contributed by atoms with Crippen LogP contribution in [0, 0.1) is 11.8 Å². The van der Waals surface area contributed by atoms with Crippen molar-refractivity contribution in [2.24, 2.45) is 17.6 Å². The molecule has 4 nitrogen and oxygen atoms in total. The lowest BCUT2D eigenvalue weighted by molar-refractivity contribution is -0.135. The number of amides is 1. The summed E-state index contributed by atoms with van der Waals surface area (Å²) in [5, 5.41) is 0. The van der Waals surface area contributed by atoms with E-state index in [0.29, 0.717) is 5.92 Å². The molecule has 5 heteroatoms. The molecular weight excluding hydrogens is 252 g/mol. The van der Waals surface area contributed by atoms with Crippen LogP contribution >= 0.6 is 12.4 Å². The third-order valence-electron chi connectivity index (χ3n) is 4.05. The lowest BCUT2D eigenvalue weighted by atomic mass is 9.99. The first-order chi connectivity index (χ1) is 8.18. The summed E-state index contributed by atoms with van der Waals surface area (Å²) in [6, 6.07) is 0.0764. The zero-order valence-electron chi connectivity index (χ0n) is 11.1. The van der Waals surface area contributed by atoms with E-state index in [-0.39, 0.29) is 30.3 Å². The van der Waals surface area contributed by atoms with Crippen LogP contribution in [-0.2, 0) is 9.53 Å². The van der Waals surface area contributed by atoms with Gasteiger partial charge in [0.1, 0.15) is 0 Å². The molecule has 106 valence electrons. The van der Waals surface area contributed by atoms with Gasteiger partial charge in [0.15, 0.2) is 0 Å². The number of halogens is 1. The monoisotopic (exact) mass is 276 g/mol. The summed E-state index contributed by atoms with van der Waals surface area (Å²) in [5.41, 5.74) is 5.98. The Labute approximate surface area is 116 Å². The Hall–Kier alpha value is -0.320. The van der Waals surface area contributed by atoms with Gasteiger partial charge in [-0.15, -0.1) is 12.4 Å². The molecule has 2 N–H and O–H groups in total. The predicted molar refractivity (Wildman–Crippen MR) is 73.7 cm³/mol. The van der Waals surface area contributed by atoms with E-state index >= 15 is 0 Å².